The zero-order chi connectivity index (χ0) is 13.0. The molecule has 1 aromatic carbocycles. The topological polar surface area (TPSA) is 24.9 Å². The molecule has 2 aromatic rings. The van der Waals surface area contributed by atoms with Crippen molar-refractivity contribution >= 4 is 16.8 Å². The lowest BCUT2D eigenvalue weighted by atomic mass is 10.1. The van der Waals surface area contributed by atoms with Gasteiger partial charge in [0.05, 0.1) is 0 Å². The van der Waals surface area contributed by atoms with Gasteiger partial charge in [0.15, 0.2) is 0 Å². The number of benzene rings is 1. The van der Waals surface area contributed by atoms with Crippen LogP contribution >= 0.6 is 0 Å². The van der Waals surface area contributed by atoms with Crippen LogP contribution in [-0.4, -0.2) is 17.1 Å². The van der Waals surface area contributed by atoms with Gasteiger partial charge in [-0.25, -0.2) is 0 Å². The Morgan fingerprint density at radius 3 is 2.72 bits per heavy atom. The van der Waals surface area contributed by atoms with Gasteiger partial charge < -0.3 is 5.32 Å². The standard InChI is InChI=1S/C16H20N2/c1-16(2,3)18-10-6-8-14-12-17-11-13-7-4-5-9-15(13)14/h4-9,11-12,18H,10H2,1-3H3/b8-6+. The van der Waals surface area contributed by atoms with Crippen LogP contribution in [0.3, 0.4) is 0 Å². The number of fused-ring (bicyclic) bond motifs is 1. The summed E-state index contributed by atoms with van der Waals surface area (Å²) in [6.07, 6.45) is 8.10. The highest BCUT2D eigenvalue weighted by atomic mass is 14.9. The fraction of sp³-hybridized carbons (Fsp3) is 0.312. The number of aromatic nitrogens is 1. The highest BCUT2D eigenvalue weighted by Gasteiger charge is 2.05. The molecule has 0 atom stereocenters. The first-order valence-corrected chi connectivity index (χ1v) is 6.30. The normalized spacial score (nSPS) is 12.4. The van der Waals surface area contributed by atoms with Crippen LogP contribution in [0, 0.1) is 0 Å². The lowest BCUT2D eigenvalue weighted by Gasteiger charge is -2.18. The molecule has 2 rings (SSSR count). The van der Waals surface area contributed by atoms with Crippen LogP contribution in [0.25, 0.3) is 16.8 Å². The van der Waals surface area contributed by atoms with E-state index in [0.29, 0.717) is 0 Å². The van der Waals surface area contributed by atoms with E-state index in [2.05, 4.69) is 61.4 Å². The molecule has 0 aliphatic rings. The van der Waals surface area contributed by atoms with Crippen molar-refractivity contribution in [3.63, 3.8) is 0 Å². The van der Waals surface area contributed by atoms with Crippen LogP contribution in [0.1, 0.15) is 26.3 Å². The summed E-state index contributed by atoms with van der Waals surface area (Å²) in [6, 6.07) is 8.33. The molecule has 0 aliphatic carbocycles. The van der Waals surface area contributed by atoms with Crippen LogP contribution in [0.5, 0.6) is 0 Å². The van der Waals surface area contributed by atoms with Crippen LogP contribution in [-0.2, 0) is 0 Å². The fourth-order valence-corrected chi connectivity index (χ4v) is 1.82. The maximum Gasteiger partial charge on any atom is 0.0346 e. The second-order valence-electron chi connectivity index (χ2n) is 5.48. The summed E-state index contributed by atoms with van der Waals surface area (Å²) in [7, 11) is 0. The number of hydrogen-bond acceptors (Lipinski definition) is 2. The third-order valence-electron chi connectivity index (χ3n) is 2.75. The Bertz CT molecular complexity index is 545. The number of nitrogens with one attached hydrogen (secondary N) is 1. The molecule has 0 unspecified atom stereocenters. The minimum absolute atomic E-state index is 0.154. The molecule has 94 valence electrons. The SMILES string of the molecule is CC(C)(C)NC/C=C/c1cncc2ccccc12. The van der Waals surface area contributed by atoms with Crippen LogP contribution in [0.4, 0.5) is 0 Å². The Balaban J connectivity index is 2.14. The van der Waals surface area contributed by atoms with Gasteiger partial charge in [-0.2, -0.15) is 0 Å². The van der Waals surface area contributed by atoms with Gasteiger partial charge in [-0.15, -0.1) is 0 Å². The first kappa shape index (κ1) is 12.8. The summed E-state index contributed by atoms with van der Waals surface area (Å²) >= 11 is 0. The van der Waals surface area contributed by atoms with E-state index in [9.17, 15) is 0 Å². The molecule has 18 heavy (non-hydrogen) atoms. The summed E-state index contributed by atoms with van der Waals surface area (Å²) in [5, 5.41) is 5.87. The molecule has 0 bridgehead atoms. The van der Waals surface area contributed by atoms with Gasteiger partial charge >= 0.3 is 0 Å². The molecular weight excluding hydrogens is 220 g/mol. The summed E-state index contributed by atoms with van der Waals surface area (Å²) in [5.41, 5.74) is 1.32. The van der Waals surface area contributed by atoms with Crippen molar-refractivity contribution in [3.8, 4) is 0 Å². The molecule has 1 aromatic heterocycles. The van der Waals surface area contributed by atoms with E-state index in [0.717, 1.165) is 6.54 Å². The second-order valence-corrected chi connectivity index (χ2v) is 5.48. The zero-order valence-corrected chi connectivity index (χ0v) is 11.3. The molecule has 2 heteroatoms. The molecule has 0 saturated carbocycles. The maximum absolute atomic E-state index is 4.27. The van der Waals surface area contributed by atoms with Crippen molar-refractivity contribution in [2.24, 2.45) is 0 Å². The lowest BCUT2D eigenvalue weighted by molar-refractivity contribution is 0.450. The quantitative estimate of drug-likeness (QED) is 0.886. The summed E-state index contributed by atoms with van der Waals surface area (Å²) in [5.74, 6) is 0. The Morgan fingerprint density at radius 1 is 1.17 bits per heavy atom. The van der Waals surface area contributed by atoms with Gasteiger partial charge in [-0.05, 0) is 26.2 Å². The first-order valence-electron chi connectivity index (χ1n) is 6.30. The smallest absolute Gasteiger partial charge is 0.0346 e. The van der Waals surface area contributed by atoms with E-state index < -0.39 is 0 Å². The minimum atomic E-state index is 0.154. The van der Waals surface area contributed by atoms with E-state index in [1.165, 1.54) is 16.3 Å². The molecular formula is C16H20N2. The average molecular weight is 240 g/mol. The monoisotopic (exact) mass is 240 g/mol. The highest BCUT2D eigenvalue weighted by Crippen LogP contribution is 2.17. The Hall–Kier alpha value is -1.67. The maximum atomic E-state index is 4.27. The Kier molecular flexibility index (Phi) is 3.78. The van der Waals surface area contributed by atoms with E-state index >= 15 is 0 Å². The van der Waals surface area contributed by atoms with Gasteiger partial charge in [0, 0.05) is 35.4 Å². The molecule has 0 radical (unpaired) electrons. The Morgan fingerprint density at radius 2 is 1.94 bits per heavy atom. The fourth-order valence-electron chi connectivity index (χ4n) is 1.82. The van der Waals surface area contributed by atoms with E-state index in [4.69, 9.17) is 0 Å². The third-order valence-corrected chi connectivity index (χ3v) is 2.75. The van der Waals surface area contributed by atoms with Crippen LogP contribution in [0.15, 0.2) is 42.7 Å². The third kappa shape index (κ3) is 3.41. The molecule has 0 aliphatic heterocycles. The molecule has 0 fully saturated rings. The van der Waals surface area contributed by atoms with Crippen molar-refractivity contribution in [1.29, 1.82) is 0 Å². The van der Waals surface area contributed by atoms with Gasteiger partial charge in [-0.3, -0.25) is 4.98 Å². The summed E-state index contributed by atoms with van der Waals surface area (Å²) in [6.45, 7) is 7.37. The average Bonchev–Trinajstić information content (AvgIpc) is 2.33. The van der Waals surface area contributed by atoms with Crippen molar-refractivity contribution in [1.82, 2.24) is 10.3 Å². The lowest BCUT2D eigenvalue weighted by Crippen LogP contribution is -2.35. The van der Waals surface area contributed by atoms with Crippen LogP contribution in [0.2, 0.25) is 0 Å². The largest absolute Gasteiger partial charge is 0.309 e. The number of pyridine rings is 1. The Labute approximate surface area is 109 Å². The van der Waals surface area contributed by atoms with Gasteiger partial charge in [0.1, 0.15) is 0 Å². The molecule has 1 N–H and O–H groups in total. The number of nitrogens with zero attached hydrogens (tertiary/aromatic N) is 1. The number of hydrogen-bond donors (Lipinski definition) is 1. The van der Waals surface area contributed by atoms with E-state index in [1.54, 1.807) is 0 Å². The van der Waals surface area contributed by atoms with Gasteiger partial charge in [0.25, 0.3) is 0 Å². The second kappa shape index (κ2) is 5.32. The first-order chi connectivity index (χ1) is 8.56. The summed E-state index contributed by atoms with van der Waals surface area (Å²) in [4.78, 5) is 4.27. The van der Waals surface area contributed by atoms with E-state index in [-0.39, 0.29) is 5.54 Å². The molecule has 2 nitrogen and oxygen atoms in total. The van der Waals surface area contributed by atoms with Gasteiger partial charge in [0.2, 0.25) is 0 Å². The summed E-state index contributed by atoms with van der Waals surface area (Å²) < 4.78 is 0. The van der Waals surface area contributed by atoms with Crippen LogP contribution < -0.4 is 5.32 Å². The molecule has 0 spiro atoms. The van der Waals surface area contributed by atoms with E-state index in [1.807, 2.05) is 18.5 Å². The predicted octanol–water partition coefficient (Wildman–Crippen LogP) is 3.64. The molecule has 0 amide bonds. The van der Waals surface area contributed by atoms with Crippen molar-refractivity contribution < 1.29 is 0 Å². The number of rotatable bonds is 3. The highest BCUT2D eigenvalue weighted by molar-refractivity contribution is 5.89. The minimum Gasteiger partial charge on any atom is -0.309 e. The predicted molar refractivity (Wildman–Crippen MR) is 78.5 cm³/mol. The van der Waals surface area contributed by atoms with Gasteiger partial charge in [-0.1, -0.05) is 36.4 Å². The zero-order valence-electron chi connectivity index (χ0n) is 11.3. The van der Waals surface area contributed by atoms with Crippen molar-refractivity contribution in [2.45, 2.75) is 26.3 Å². The molecule has 0 saturated heterocycles. The molecule has 1 heterocycles. The van der Waals surface area contributed by atoms with Crippen molar-refractivity contribution in [3.05, 3.63) is 48.3 Å². The van der Waals surface area contributed by atoms with Crippen molar-refractivity contribution in [2.75, 3.05) is 6.54 Å².